The summed E-state index contributed by atoms with van der Waals surface area (Å²) < 4.78 is 29.8. The van der Waals surface area contributed by atoms with Gasteiger partial charge in [0.1, 0.15) is 0 Å². The summed E-state index contributed by atoms with van der Waals surface area (Å²) in [6.07, 6.45) is 3.66. The largest absolute Gasteiger partial charge is 0.349 e. The molecule has 0 aliphatic carbocycles. The zero-order valence-corrected chi connectivity index (χ0v) is 14.6. The minimum absolute atomic E-state index is 0.0530. The third-order valence-corrected chi connectivity index (χ3v) is 5.59. The molecule has 1 aromatic rings. The molecule has 122 valence electrons. The van der Waals surface area contributed by atoms with Crippen LogP contribution in [0.4, 0.5) is 0 Å². The van der Waals surface area contributed by atoms with Crippen LogP contribution in [-0.4, -0.2) is 26.1 Å². The Morgan fingerprint density at radius 3 is 2.33 bits per heavy atom. The van der Waals surface area contributed by atoms with Crippen LogP contribution >= 0.6 is 0 Å². The highest BCUT2D eigenvalue weighted by Crippen LogP contribution is 2.18. The van der Waals surface area contributed by atoms with E-state index in [0.29, 0.717) is 17.4 Å². The minimum atomic E-state index is -3.45. The van der Waals surface area contributed by atoms with Crippen molar-refractivity contribution >= 4 is 10.0 Å². The van der Waals surface area contributed by atoms with E-state index < -0.39 is 10.0 Å². The zero-order chi connectivity index (χ0) is 16.0. The molecule has 0 bridgehead atoms. The maximum absolute atomic E-state index is 12.5. The fourth-order valence-electron chi connectivity index (χ4n) is 2.70. The van der Waals surface area contributed by atoms with Crippen molar-refractivity contribution < 1.29 is 8.42 Å². The van der Waals surface area contributed by atoms with Crippen LogP contribution in [-0.2, 0) is 23.1 Å². The van der Waals surface area contributed by atoms with Gasteiger partial charge in [0.25, 0.3) is 0 Å². The molecule has 0 aliphatic rings. The molecule has 1 unspecified atom stereocenters. The van der Waals surface area contributed by atoms with Gasteiger partial charge in [-0.3, -0.25) is 0 Å². The molecule has 0 fully saturated rings. The van der Waals surface area contributed by atoms with E-state index in [9.17, 15) is 8.42 Å². The fraction of sp³-hybridized carbons (Fsp3) is 0.733. The van der Waals surface area contributed by atoms with Crippen molar-refractivity contribution in [2.75, 3.05) is 7.05 Å². The maximum Gasteiger partial charge on any atom is 0.242 e. The number of nitrogens with zero attached hydrogens (tertiary/aromatic N) is 1. The molecular weight excluding hydrogens is 286 g/mol. The van der Waals surface area contributed by atoms with Gasteiger partial charge in [-0.25, -0.2) is 13.1 Å². The van der Waals surface area contributed by atoms with Crippen LogP contribution in [0.3, 0.4) is 0 Å². The van der Waals surface area contributed by atoms with Crippen LogP contribution in [0.2, 0.25) is 0 Å². The lowest BCUT2D eigenvalue weighted by molar-refractivity contribution is 0.390. The molecule has 0 radical (unpaired) electrons. The summed E-state index contributed by atoms with van der Waals surface area (Å²) in [5.41, 5.74) is 0.982. The van der Waals surface area contributed by atoms with Gasteiger partial charge in [-0.15, -0.1) is 0 Å². The standard InChI is InChI=1S/C15H29N3O2S/c1-6-13(7-2)12(4)17-21(19,20)15-9-14(10-16-5)18(8-3)11-15/h9,11-13,16-17H,6-8,10H2,1-5H3. The number of aryl methyl sites for hydroxylation is 1. The van der Waals surface area contributed by atoms with Crippen LogP contribution in [0.1, 0.15) is 46.2 Å². The second kappa shape index (κ2) is 7.96. The minimum Gasteiger partial charge on any atom is -0.349 e. The first-order valence-corrected chi connectivity index (χ1v) is 9.23. The third kappa shape index (κ3) is 4.56. The molecule has 0 saturated heterocycles. The molecular formula is C15H29N3O2S. The highest BCUT2D eigenvalue weighted by molar-refractivity contribution is 7.89. The van der Waals surface area contributed by atoms with Crippen molar-refractivity contribution in [3.8, 4) is 0 Å². The highest BCUT2D eigenvalue weighted by Gasteiger charge is 2.23. The summed E-state index contributed by atoms with van der Waals surface area (Å²) in [6.45, 7) is 9.56. The van der Waals surface area contributed by atoms with Crippen molar-refractivity contribution in [2.24, 2.45) is 5.92 Å². The highest BCUT2D eigenvalue weighted by atomic mass is 32.2. The second-order valence-electron chi connectivity index (χ2n) is 5.47. The maximum atomic E-state index is 12.5. The van der Waals surface area contributed by atoms with Gasteiger partial charge in [-0.2, -0.15) is 0 Å². The van der Waals surface area contributed by atoms with Crippen LogP contribution in [0.25, 0.3) is 0 Å². The van der Waals surface area contributed by atoms with Crippen molar-refractivity contribution in [3.63, 3.8) is 0 Å². The number of aromatic nitrogens is 1. The normalized spacial score (nSPS) is 13.8. The van der Waals surface area contributed by atoms with E-state index in [0.717, 1.165) is 25.1 Å². The summed E-state index contributed by atoms with van der Waals surface area (Å²) in [6, 6.07) is 1.70. The lowest BCUT2D eigenvalue weighted by atomic mass is 9.96. The van der Waals surface area contributed by atoms with Gasteiger partial charge >= 0.3 is 0 Å². The monoisotopic (exact) mass is 315 g/mol. The molecule has 0 saturated carbocycles. The summed E-state index contributed by atoms with van der Waals surface area (Å²) in [7, 11) is -1.60. The molecule has 1 rings (SSSR count). The molecule has 0 spiro atoms. The molecule has 2 N–H and O–H groups in total. The lowest BCUT2D eigenvalue weighted by Gasteiger charge is -2.22. The van der Waals surface area contributed by atoms with Crippen LogP contribution < -0.4 is 10.0 Å². The smallest absolute Gasteiger partial charge is 0.242 e. The first-order valence-electron chi connectivity index (χ1n) is 7.75. The Kier molecular flexibility index (Phi) is 6.90. The van der Waals surface area contributed by atoms with Crippen molar-refractivity contribution in [1.29, 1.82) is 0 Å². The van der Waals surface area contributed by atoms with E-state index in [2.05, 4.69) is 23.9 Å². The molecule has 1 heterocycles. The molecule has 5 nitrogen and oxygen atoms in total. The van der Waals surface area contributed by atoms with Gasteiger partial charge < -0.3 is 9.88 Å². The van der Waals surface area contributed by atoms with Crippen molar-refractivity contribution in [1.82, 2.24) is 14.6 Å². The van der Waals surface area contributed by atoms with Gasteiger partial charge in [-0.05, 0) is 32.9 Å². The van der Waals surface area contributed by atoms with Crippen molar-refractivity contribution in [3.05, 3.63) is 18.0 Å². The quantitative estimate of drug-likeness (QED) is 0.735. The van der Waals surface area contributed by atoms with Crippen LogP contribution in [0.15, 0.2) is 17.2 Å². The van der Waals surface area contributed by atoms with Crippen LogP contribution in [0.5, 0.6) is 0 Å². The second-order valence-corrected chi connectivity index (χ2v) is 7.18. The predicted octanol–water partition coefficient (Wildman–Crippen LogP) is 2.33. The number of sulfonamides is 1. The van der Waals surface area contributed by atoms with Gasteiger partial charge in [-0.1, -0.05) is 26.7 Å². The Hall–Kier alpha value is -0.850. The van der Waals surface area contributed by atoms with Crippen molar-refractivity contribution in [2.45, 2.75) is 64.6 Å². The van der Waals surface area contributed by atoms with E-state index in [1.165, 1.54) is 0 Å². The summed E-state index contributed by atoms with van der Waals surface area (Å²) >= 11 is 0. The predicted molar refractivity (Wildman–Crippen MR) is 86.7 cm³/mol. The SMILES string of the molecule is CCC(CC)C(C)NS(=O)(=O)c1cc(CNC)n(CC)c1. The van der Waals surface area contributed by atoms with Gasteiger partial charge in [0.15, 0.2) is 0 Å². The molecule has 0 aliphatic heterocycles. The Bertz CT molecular complexity index is 533. The Morgan fingerprint density at radius 1 is 1.24 bits per heavy atom. The summed E-state index contributed by atoms with van der Waals surface area (Å²) in [4.78, 5) is 0.354. The first-order chi connectivity index (χ1) is 9.89. The first kappa shape index (κ1) is 18.2. The molecule has 0 amide bonds. The average Bonchev–Trinajstić information content (AvgIpc) is 2.84. The van der Waals surface area contributed by atoms with Gasteiger partial charge in [0.2, 0.25) is 10.0 Å². The van der Waals surface area contributed by atoms with Gasteiger partial charge in [0.05, 0.1) is 4.90 Å². The molecule has 1 atom stereocenters. The number of hydrogen-bond donors (Lipinski definition) is 2. The topological polar surface area (TPSA) is 63.1 Å². The number of hydrogen-bond acceptors (Lipinski definition) is 3. The average molecular weight is 315 g/mol. The third-order valence-electron chi connectivity index (χ3n) is 4.07. The Morgan fingerprint density at radius 2 is 1.86 bits per heavy atom. The number of rotatable bonds is 9. The molecule has 1 aromatic heterocycles. The van der Waals surface area contributed by atoms with E-state index in [1.807, 2.05) is 25.5 Å². The van der Waals surface area contributed by atoms with Gasteiger partial charge in [0, 0.05) is 31.0 Å². The van der Waals surface area contributed by atoms with E-state index in [1.54, 1.807) is 12.3 Å². The summed E-state index contributed by atoms with van der Waals surface area (Å²) in [5.74, 6) is 0.366. The zero-order valence-electron chi connectivity index (χ0n) is 13.8. The number of nitrogens with one attached hydrogen (secondary N) is 2. The molecule has 0 aromatic carbocycles. The molecule has 6 heteroatoms. The van der Waals surface area contributed by atoms with E-state index in [-0.39, 0.29) is 6.04 Å². The Balaban J connectivity index is 2.97. The van der Waals surface area contributed by atoms with E-state index in [4.69, 9.17) is 0 Å². The lowest BCUT2D eigenvalue weighted by Crippen LogP contribution is -2.37. The van der Waals surface area contributed by atoms with Crippen LogP contribution in [0, 0.1) is 5.92 Å². The summed E-state index contributed by atoms with van der Waals surface area (Å²) in [5, 5.41) is 3.06. The molecule has 21 heavy (non-hydrogen) atoms. The van der Waals surface area contributed by atoms with E-state index >= 15 is 0 Å². The Labute approximate surface area is 129 Å². The fourth-order valence-corrected chi connectivity index (χ4v) is 4.08.